The number of thioether (sulfide) groups is 1. The second-order valence-corrected chi connectivity index (χ2v) is 5.85. The molecule has 0 fully saturated rings. The summed E-state index contributed by atoms with van der Waals surface area (Å²) in [5.41, 5.74) is 2.15. The first-order valence-corrected chi connectivity index (χ1v) is 8.64. The number of ether oxygens (including phenoxy) is 1. The minimum absolute atomic E-state index is 0.0608. The van der Waals surface area contributed by atoms with Crippen LogP contribution in [0.4, 0.5) is 0 Å². The van der Waals surface area contributed by atoms with Gasteiger partial charge >= 0.3 is 0 Å². The fraction of sp³-hybridized carbons (Fsp3) is 0.200. The molecule has 1 N–H and O–H groups in total. The molecule has 25 heavy (non-hydrogen) atoms. The molecule has 0 unspecified atom stereocenters. The first-order chi connectivity index (χ1) is 12.2. The van der Waals surface area contributed by atoms with E-state index >= 15 is 0 Å². The summed E-state index contributed by atoms with van der Waals surface area (Å²) in [6.07, 6.45) is 13.4. The number of rotatable bonds is 7. The molecular formula is C20H22N2O2S. The molecular weight excluding hydrogens is 332 g/mol. The predicted molar refractivity (Wildman–Crippen MR) is 104 cm³/mol. The Bertz CT molecular complexity index is 712. The number of allylic oxidation sites excluding steroid dienone is 1. The van der Waals surface area contributed by atoms with Gasteiger partial charge in [-0.1, -0.05) is 18.2 Å². The fourth-order valence-corrected chi connectivity index (χ4v) is 2.86. The number of hydrogen-bond donors (Lipinski definition) is 1. The average molecular weight is 354 g/mol. The molecule has 1 aromatic carbocycles. The minimum Gasteiger partial charge on any atom is -0.497 e. The number of hydrogen-bond acceptors (Lipinski definition) is 4. The second kappa shape index (κ2) is 11.8. The van der Waals surface area contributed by atoms with Gasteiger partial charge in [-0.05, 0) is 42.3 Å². The van der Waals surface area contributed by atoms with Gasteiger partial charge in [0.25, 0.3) is 5.91 Å². The van der Waals surface area contributed by atoms with E-state index < -0.39 is 0 Å². The van der Waals surface area contributed by atoms with Crippen molar-refractivity contribution in [2.24, 2.45) is 0 Å². The number of nitrogens with zero attached hydrogens (tertiary/aromatic N) is 1. The normalized spacial score (nSPS) is 10.3. The molecule has 1 amide bonds. The Morgan fingerprint density at radius 1 is 1.24 bits per heavy atom. The number of terminal acetylenes is 1. The highest BCUT2D eigenvalue weighted by atomic mass is 32.2. The van der Waals surface area contributed by atoms with Crippen molar-refractivity contribution in [2.75, 3.05) is 7.11 Å². The Morgan fingerprint density at radius 3 is 2.60 bits per heavy atom. The van der Waals surface area contributed by atoms with Gasteiger partial charge in [0.2, 0.25) is 0 Å². The summed E-state index contributed by atoms with van der Waals surface area (Å²) >= 11 is 1.52. The lowest BCUT2D eigenvalue weighted by Crippen LogP contribution is -2.23. The van der Waals surface area contributed by atoms with Crippen molar-refractivity contribution < 1.29 is 9.53 Å². The number of aromatic nitrogens is 1. The molecule has 0 bridgehead atoms. The van der Waals surface area contributed by atoms with Crippen LogP contribution in [-0.4, -0.2) is 18.0 Å². The largest absolute Gasteiger partial charge is 0.497 e. The van der Waals surface area contributed by atoms with Gasteiger partial charge in [-0.2, -0.15) is 0 Å². The third kappa shape index (κ3) is 7.15. The van der Waals surface area contributed by atoms with Crippen molar-refractivity contribution in [1.82, 2.24) is 10.3 Å². The number of pyridine rings is 1. The Hall–Kier alpha value is -2.71. The first kappa shape index (κ1) is 20.3. The molecule has 1 heterocycles. The van der Waals surface area contributed by atoms with Crippen LogP contribution in [0.1, 0.15) is 18.1 Å². The maximum atomic E-state index is 12.3. The average Bonchev–Trinajstić information content (AvgIpc) is 2.69. The first-order valence-electron chi connectivity index (χ1n) is 7.65. The van der Waals surface area contributed by atoms with Gasteiger partial charge in [-0.3, -0.25) is 9.78 Å². The van der Waals surface area contributed by atoms with Crippen LogP contribution in [0.5, 0.6) is 5.75 Å². The van der Waals surface area contributed by atoms with E-state index in [-0.39, 0.29) is 5.91 Å². The quantitative estimate of drug-likeness (QED) is 0.607. The Kier molecular flexibility index (Phi) is 9.57. The molecule has 0 spiro atoms. The zero-order valence-electron chi connectivity index (χ0n) is 14.4. The molecule has 0 atom stereocenters. The van der Waals surface area contributed by atoms with Crippen LogP contribution >= 0.6 is 11.8 Å². The Balaban J connectivity index is 0.00000151. The SMILES string of the molecule is C#C.C/C=C(\SCc1ccncc1)C(=O)NCc1cccc(OC)c1. The molecule has 0 aliphatic carbocycles. The lowest BCUT2D eigenvalue weighted by molar-refractivity contribution is -0.116. The number of carbonyl (C=O) groups is 1. The van der Waals surface area contributed by atoms with Crippen molar-refractivity contribution in [2.45, 2.75) is 19.2 Å². The molecule has 5 heteroatoms. The highest BCUT2D eigenvalue weighted by Gasteiger charge is 2.09. The minimum atomic E-state index is -0.0608. The van der Waals surface area contributed by atoms with Crippen LogP contribution in [0.25, 0.3) is 0 Å². The summed E-state index contributed by atoms with van der Waals surface area (Å²) in [7, 11) is 1.63. The van der Waals surface area contributed by atoms with Gasteiger partial charge in [0, 0.05) is 24.7 Å². The number of carbonyl (C=O) groups excluding carboxylic acids is 1. The van der Waals surface area contributed by atoms with Crippen LogP contribution in [0.3, 0.4) is 0 Å². The van der Waals surface area contributed by atoms with E-state index in [2.05, 4.69) is 23.1 Å². The van der Waals surface area contributed by atoms with Crippen LogP contribution in [0.2, 0.25) is 0 Å². The molecule has 0 aliphatic heterocycles. The van der Waals surface area contributed by atoms with E-state index in [1.165, 1.54) is 11.8 Å². The molecule has 0 saturated carbocycles. The van der Waals surface area contributed by atoms with Gasteiger partial charge in [0.15, 0.2) is 0 Å². The lowest BCUT2D eigenvalue weighted by Gasteiger charge is -2.09. The second-order valence-electron chi connectivity index (χ2n) is 4.83. The highest BCUT2D eigenvalue weighted by molar-refractivity contribution is 8.03. The summed E-state index contributed by atoms with van der Waals surface area (Å²) in [4.78, 5) is 17.0. The zero-order chi connectivity index (χ0) is 18.5. The standard InChI is InChI=1S/C18H20N2O2S.C2H2/c1-3-17(23-13-14-7-9-19-10-8-14)18(21)20-12-15-5-4-6-16(11-15)22-2;1-2/h3-11H,12-13H2,1-2H3,(H,20,21);1-2H/b17-3-;. The summed E-state index contributed by atoms with van der Waals surface area (Å²) in [6.45, 7) is 2.35. The molecule has 2 rings (SSSR count). The van der Waals surface area contributed by atoms with Gasteiger partial charge < -0.3 is 10.1 Å². The molecule has 0 aliphatic rings. The van der Waals surface area contributed by atoms with Crippen LogP contribution in [-0.2, 0) is 17.1 Å². The molecule has 0 radical (unpaired) electrons. The maximum absolute atomic E-state index is 12.3. The number of methoxy groups -OCH3 is 1. The molecule has 2 aromatic rings. The van der Waals surface area contributed by atoms with Crippen LogP contribution in [0.15, 0.2) is 59.8 Å². The third-order valence-electron chi connectivity index (χ3n) is 3.22. The zero-order valence-corrected chi connectivity index (χ0v) is 15.3. The van der Waals surface area contributed by atoms with Crippen LogP contribution < -0.4 is 10.1 Å². The number of nitrogens with one attached hydrogen (secondary N) is 1. The third-order valence-corrected chi connectivity index (χ3v) is 4.43. The molecule has 130 valence electrons. The fourth-order valence-electron chi connectivity index (χ4n) is 1.97. The monoisotopic (exact) mass is 354 g/mol. The summed E-state index contributed by atoms with van der Waals surface area (Å²) < 4.78 is 5.18. The van der Waals surface area contributed by atoms with E-state index in [1.807, 2.05) is 49.4 Å². The van der Waals surface area contributed by atoms with Crippen molar-refractivity contribution in [3.05, 3.63) is 70.9 Å². The van der Waals surface area contributed by atoms with E-state index in [0.29, 0.717) is 11.4 Å². The summed E-state index contributed by atoms with van der Waals surface area (Å²) in [5, 5.41) is 2.94. The Morgan fingerprint density at radius 2 is 1.96 bits per heavy atom. The Labute approximate surface area is 153 Å². The van der Waals surface area contributed by atoms with E-state index in [4.69, 9.17) is 4.74 Å². The van der Waals surface area contributed by atoms with Gasteiger partial charge in [-0.25, -0.2) is 0 Å². The predicted octanol–water partition coefficient (Wildman–Crippen LogP) is 3.79. The van der Waals surface area contributed by atoms with E-state index in [0.717, 1.165) is 22.6 Å². The van der Waals surface area contributed by atoms with E-state index in [9.17, 15) is 4.79 Å². The van der Waals surface area contributed by atoms with Crippen molar-refractivity contribution >= 4 is 17.7 Å². The smallest absolute Gasteiger partial charge is 0.257 e. The molecule has 0 saturated heterocycles. The van der Waals surface area contributed by atoms with Gasteiger partial charge in [0.05, 0.1) is 12.0 Å². The van der Waals surface area contributed by atoms with Gasteiger partial charge in [-0.15, -0.1) is 24.6 Å². The summed E-state index contributed by atoms with van der Waals surface area (Å²) in [6, 6.07) is 11.6. The molecule has 1 aromatic heterocycles. The van der Waals surface area contributed by atoms with Gasteiger partial charge in [0.1, 0.15) is 5.75 Å². The van der Waals surface area contributed by atoms with Crippen molar-refractivity contribution in [3.63, 3.8) is 0 Å². The van der Waals surface area contributed by atoms with Crippen molar-refractivity contribution in [1.29, 1.82) is 0 Å². The van der Waals surface area contributed by atoms with Crippen molar-refractivity contribution in [3.8, 4) is 18.6 Å². The molecule has 4 nitrogen and oxygen atoms in total. The number of benzene rings is 1. The topological polar surface area (TPSA) is 51.2 Å². The number of amides is 1. The summed E-state index contributed by atoms with van der Waals surface area (Å²) in [5.74, 6) is 1.47. The van der Waals surface area contributed by atoms with Crippen LogP contribution in [0, 0.1) is 12.8 Å². The lowest BCUT2D eigenvalue weighted by atomic mass is 10.2. The van der Waals surface area contributed by atoms with E-state index in [1.54, 1.807) is 19.5 Å². The highest BCUT2D eigenvalue weighted by Crippen LogP contribution is 2.21. The maximum Gasteiger partial charge on any atom is 0.257 e.